The first-order valence-electron chi connectivity index (χ1n) is 47.4. The van der Waals surface area contributed by atoms with Crippen molar-refractivity contribution in [2.24, 2.45) is 99.6 Å². The van der Waals surface area contributed by atoms with Crippen molar-refractivity contribution < 1.29 is 93.1 Å². The SMILES string of the molecule is CC(F)(F)C(=O)OCC(=O)OC1(C)C2CC3CC(C2)CC1C3.CCC1(CC(=O)C2C3CC4C(OC(=O)C42)C3OC(=O)C(C)(F)F)C2CC3CC(C2)CC1C3.COCOC(=O)C12CC3CC(C1)C(OC(=O)C(C)(F)F)C(C3)C2.c1ccc([S+](c2ccccc2)c2ccccc2)cc1.c1ccc([S+](c2ccccc2)c2ccccc2)cc1.c1ccc([S+](c2ccccc2)c2ccccc2)cc1. The molecule has 1 heterocycles. The zero-order valence-corrected chi connectivity index (χ0v) is 79.2. The van der Waals surface area contributed by atoms with E-state index in [0.29, 0.717) is 76.0 Å². The number of carbonyl (C=O) groups is 7. The minimum atomic E-state index is -3.62. The maximum Gasteiger partial charge on any atom is 0.377 e. The summed E-state index contributed by atoms with van der Waals surface area (Å²) in [6, 6.07) is 96.5. The lowest BCUT2D eigenvalue weighted by Crippen LogP contribution is -2.58. The standard InChI is InChI=1S/C25H32F2O5.3C18H15S.C16H22F2O5.C16H22F2O4/c1-3-25(13-5-11-4-12(7-13)8-14(25)6-11)10-17(28)18-15-9-16-19(18)22(29)31-20(16)21(15)32-23(30)24(2,26)27;3*1-4-10-16(11-5-1)19(17-12-6-2-7-13-17)18-14-8-3-9-15-18;1-15(17,18)13(19)23-12-10-3-9-4-11(12)7-16(5-9,6-10)14(20)22-8-21-2;1-15(22-13(19)8-21-14(20)16(2,17)18)11-4-9-3-10(6-11)7-12(15)5-9/h11-16,18-21H,3-10H2,1-2H3;3*1-15H;9-12H,3-8H2,1-2H3;9-12H,3-8H2,1-2H3/q;3*+1;;. The first kappa shape index (κ1) is 97.2. The number of fused-ring (bicyclic) bond motifs is 1. The maximum atomic E-state index is 13.9. The molecule has 14 bridgehead atoms. The van der Waals surface area contributed by atoms with Crippen molar-refractivity contribution in [2.75, 3.05) is 20.5 Å². The van der Waals surface area contributed by atoms with Crippen LogP contribution in [0.25, 0.3) is 0 Å². The number of benzene rings is 9. The molecule has 24 rings (SSSR count). The minimum Gasteiger partial charge on any atom is -0.458 e. The summed E-state index contributed by atoms with van der Waals surface area (Å²) in [7, 11) is 1.41. The Bertz CT molecular complexity index is 4810. The number of hydrogen-bond donors (Lipinski definition) is 0. The number of methoxy groups -OCH3 is 1. The fourth-order valence-corrected chi connectivity index (χ4v) is 31.6. The highest BCUT2D eigenvalue weighted by molar-refractivity contribution is 7.97. The molecule has 15 fully saturated rings. The zero-order valence-electron chi connectivity index (χ0n) is 76.7. The molecule has 0 spiro atoms. The molecule has 706 valence electrons. The Morgan fingerprint density at radius 3 is 1.03 bits per heavy atom. The van der Waals surface area contributed by atoms with E-state index in [1.165, 1.54) is 89.7 Å². The van der Waals surface area contributed by atoms with Crippen LogP contribution in [-0.2, 0) is 99.4 Å². The fourth-order valence-electron chi connectivity index (χ4n) is 25.3. The van der Waals surface area contributed by atoms with Crippen molar-refractivity contribution in [3.05, 3.63) is 273 Å². The first-order chi connectivity index (χ1) is 64.4. The number of carbonyl (C=O) groups excluding carboxylic acids is 7. The Balaban J connectivity index is 0.000000118. The number of esters is 6. The normalized spacial score (nSPS) is 29.6. The highest BCUT2D eigenvalue weighted by Crippen LogP contribution is 2.68. The molecule has 0 aromatic heterocycles. The van der Waals surface area contributed by atoms with Crippen LogP contribution in [0.15, 0.2) is 317 Å². The molecule has 9 aromatic rings. The van der Waals surface area contributed by atoms with Crippen LogP contribution >= 0.6 is 0 Å². The van der Waals surface area contributed by atoms with Gasteiger partial charge in [-0.05, 0) is 296 Å². The monoisotopic (exact) mass is 1890 g/mol. The van der Waals surface area contributed by atoms with Gasteiger partial charge in [0.1, 0.15) is 29.7 Å². The van der Waals surface area contributed by atoms with E-state index >= 15 is 0 Å². The smallest absolute Gasteiger partial charge is 0.377 e. The second kappa shape index (κ2) is 41.9. The van der Waals surface area contributed by atoms with Gasteiger partial charge >= 0.3 is 53.6 Å². The molecule has 1 aliphatic heterocycles. The number of ketones is 1. The van der Waals surface area contributed by atoms with E-state index in [0.717, 1.165) is 75.0 Å². The topological polar surface area (TPSA) is 184 Å². The third-order valence-electron chi connectivity index (χ3n) is 30.6. The van der Waals surface area contributed by atoms with Gasteiger partial charge in [0.2, 0.25) is 0 Å². The number of halogens is 6. The minimum absolute atomic E-state index is 0.00310. The van der Waals surface area contributed by atoms with Crippen LogP contribution in [0.2, 0.25) is 0 Å². The molecular formula is C111H121F6O14S3+3. The van der Waals surface area contributed by atoms with E-state index < -0.39 is 101 Å². The van der Waals surface area contributed by atoms with Gasteiger partial charge in [-0.2, -0.15) is 26.3 Å². The highest BCUT2D eigenvalue weighted by Gasteiger charge is 2.71. The van der Waals surface area contributed by atoms with E-state index in [1.807, 2.05) is 6.92 Å². The second-order valence-electron chi connectivity index (χ2n) is 39.3. The van der Waals surface area contributed by atoms with E-state index in [2.05, 4.69) is 285 Å². The van der Waals surface area contributed by atoms with Crippen LogP contribution in [-0.4, -0.2) is 104 Å². The Morgan fingerprint density at radius 1 is 0.396 bits per heavy atom. The van der Waals surface area contributed by atoms with Crippen LogP contribution in [0.3, 0.4) is 0 Å². The van der Waals surface area contributed by atoms with E-state index in [-0.39, 0.29) is 74.4 Å². The summed E-state index contributed by atoms with van der Waals surface area (Å²) in [6.07, 6.45) is 15.1. The van der Waals surface area contributed by atoms with Gasteiger partial charge in [0.25, 0.3) is 0 Å². The molecule has 14 aliphatic carbocycles. The van der Waals surface area contributed by atoms with Gasteiger partial charge in [-0.25, -0.2) is 19.2 Å². The van der Waals surface area contributed by atoms with Crippen molar-refractivity contribution in [1.29, 1.82) is 0 Å². The molecule has 0 radical (unpaired) electrons. The van der Waals surface area contributed by atoms with Gasteiger partial charge in [-0.1, -0.05) is 171 Å². The molecule has 134 heavy (non-hydrogen) atoms. The molecule has 23 heteroatoms. The quantitative estimate of drug-likeness (QED) is 0.0183. The van der Waals surface area contributed by atoms with E-state index in [1.54, 1.807) is 0 Å². The molecule has 14 nitrogen and oxygen atoms in total. The summed E-state index contributed by atoms with van der Waals surface area (Å²) < 4.78 is 114. The third-order valence-corrected chi connectivity index (χ3v) is 37.2. The Hall–Kier alpha value is -9.94. The summed E-state index contributed by atoms with van der Waals surface area (Å²) in [5.41, 5.74) is -1.10. The predicted molar refractivity (Wildman–Crippen MR) is 500 cm³/mol. The van der Waals surface area contributed by atoms with Crippen molar-refractivity contribution in [2.45, 2.75) is 236 Å². The average Bonchev–Trinajstić information content (AvgIpc) is 1.52. The first-order valence-corrected chi connectivity index (χ1v) is 51.1. The van der Waals surface area contributed by atoms with Gasteiger partial charge in [0.15, 0.2) is 57.5 Å². The lowest BCUT2D eigenvalue weighted by atomic mass is 9.43. The molecular weight excluding hydrogens is 1770 g/mol. The third kappa shape index (κ3) is 21.7. The summed E-state index contributed by atoms with van der Waals surface area (Å²) in [5.74, 6) is -13.3. The molecule has 8 atom stereocenters. The van der Waals surface area contributed by atoms with Gasteiger partial charge in [-0.3, -0.25) is 14.4 Å². The number of hydrogen-bond acceptors (Lipinski definition) is 14. The maximum absolute atomic E-state index is 13.9. The van der Waals surface area contributed by atoms with Crippen molar-refractivity contribution in [3.63, 3.8) is 0 Å². The van der Waals surface area contributed by atoms with E-state index in [9.17, 15) is 59.9 Å². The van der Waals surface area contributed by atoms with Crippen molar-refractivity contribution >= 4 is 74.3 Å². The van der Waals surface area contributed by atoms with Crippen molar-refractivity contribution in [3.8, 4) is 0 Å². The Labute approximate surface area is 791 Å². The lowest BCUT2D eigenvalue weighted by molar-refractivity contribution is -0.210. The Morgan fingerprint density at radius 2 is 0.716 bits per heavy atom. The number of rotatable bonds is 24. The van der Waals surface area contributed by atoms with Crippen LogP contribution in [0, 0.1) is 99.6 Å². The van der Waals surface area contributed by atoms with Crippen molar-refractivity contribution in [1.82, 2.24) is 0 Å². The number of alkyl halides is 6. The lowest BCUT2D eigenvalue weighted by Gasteiger charge is -2.61. The van der Waals surface area contributed by atoms with Crippen LogP contribution in [0.5, 0.6) is 0 Å². The number of ether oxygens (including phenoxy) is 7. The average molecular weight is 1890 g/mol. The van der Waals surface area contributed by atoms with Crippen LogP contribution in [0.1, 0.15) is 150 Å². The van der Waals surface area contributed by atoms with Crippen LogP contribution in [0.4, 0.5) is 26.3 Å². The van der Waals surface area contributed by atoms with E-state index in [4.69, 9.17) is 28.4 Å². The molecule has 9 aromatic carbocycles. The molecule has 0 N–H and O–H groups in total. The van der Waals surface area contributed by atoms with Gasteiger partial charge in [0.05, 0.1) is 44.0 Å². The molecule has 8 unspecified atom stereocenters. The van der Waals surface area contributed by atoms with Crippen LogP contribution < -0.4 is 0 Å². The zero-order chi connectivity index (χ0) is 94.3. The largest absolute Gasteiger partial charge is 0.458 e. The molecule has 0 amide bonds. The molecule has 14 saturated carbocycles. The second-order valence-corrected chi connectivity index (χ2v) is 45.4. The fraction of sp³-hybridized carbons (Fsp3) is 0.450. The Kier molecular flexibility index (Phi) is 30.4. The molecule has 1 saturated heterocycles. The van der Waals surface area contributed by atoms with Gasteiger partial charge < -0.3 is 33.2 Å². The predicted octanol–water partition coefficient (Wildman–Crippen LogP) is 24.0. The summed E-state index contributed by atoms with van der Waals surface area (Å²) >= 11 is 0. The van der Waals surface area contributed by atoms with Gasteiger partial charge in [-0.15, -0.1) is 0 Å². The number of Topliss-reactive ketones (excluding diaryl/α,β-unsaturated/α-hetero) is 1. The van der Waals surface area contributed by atoms with Gasteiger partial charge in [0, 0.05) is 52.1 Å². The molecule has 15 aliphatic rings. The summed E-state index contributed by atoms with van der Waals surface area (Å²) in [4.78, 5) is 97.6. The summed E-state index contributed by atoms with van der Waals surface area (Å²) in [5, 5.41) is 0. The summed E-state index contributed by atoms with van der Waals surface area (Å²) in [6.45, 7) is 4.82. The highest BCUT2D eigenvalue weighted by atomic mass is 32.2.